The lowest BCUT2D eigenvalue weighted by atomic mass is 10.1. The number of nitrogens with zero attached hydrogens (tertiary/aromatic N) is 1. The van der Waals surface area contributed by atoms with Gasteiger partial charge in [-0.3, -0.25) is 9.69 Å². The normalized spacial score (nSPS) is 16.4. The van der Waals surface area contributed by atoms with Crippen molar-refractivity contribution >= 4 is 51.9 Å². The number of para-hydroxylation sites is 1. The summed E-state index contributed by atoms with van der Waals surface area (Å²) in [5, 5.41) is 11.3. The molecule has 0 aliphatic carbocycles. The lowest BCUT2D eigenvalue weighted by Gasteiger charge is -2.19. The number of carbonyl (C=O) groups is 2. The van der Waals surface area contributed by atoms with Crippen LogP contribution in [0, 0.1) is 0 Å². The first-order valence-corrected chi connectivity index (χ1v) is 9.01. The van der Waals surface area contributed by atoms with E-state index in [2.05, 4.69) is 0 Å². The lowest BCUT2D eigenvalue weighted by Crippen LogP contribution is -2.32. The average molecular weight is 380 g/mol. The molecule has 3 rings (SSSR count). The maximum Gasteiger partial charge on any atom is 0.270 e. The predicted octanol–water partition coefficient (Wildman–Crippen LogP) is 3.40. The number of allylic oxidation sites excluding steroid dienone is 2. The fourth-order valence-corrected chi connectivity index (χ4v) is 3.91. The highest BCUT2D eigenvalue weighted by molar-refractivity contribution is 8.27. The van der Waals surface area contributed by atoms with Gasteiger partial charge in [-0.05, 0) is 30.2 Å². The quantitative estimate of drug-likeness (QED) is 0.601. The number of aromatic carboxylic acids is 1. The van der Waals surface area contributed by atoms with Crippen LogP contribution in [0.4, 0.5) is 5.69 Å². The second-order valence-corrected chi connectivity index (χ2v) is 7.30. The van der Waals surface area contributed by atoms with Crippen molar-refractivity contribution in [1.29, 1.82) is 0 Å². The first-order chi connectivity index (χ1) is 12.5. The fourth-order valence-electron chi connectivity index (χ4n) is 2.58. The third kappa shape index (κ3) is 3.76. The van der Waals surface area contributed by atoms with Crippen molar-refractivity contribution in [3.05, 3.63) is 82.3 Å². The second kappa shape index (κ2) is 7.68. The van der Waals surface area contributed by atoms with Crippen LogP contribution in [0.5, 0.6) is 0 Å². The highest BCUT2D eigenvalue weighted by atomic mass is 32.2. The summed E-state index contributed by atoms with van der Waals surface area (Å²) in [7, 11) is 0. The fraction of sp³-hybridized carbons (Fsp3) is 0.0500. The Balaban J connectivity index is 1.93. The van der Waals surface area contributed by atoms with Gasteiger partial charge in [0.05, 0.1) is 16.6 Å². The zero-order valence-corrected chi connectivity index (χ0v) is 15.5. The summed E-state index contributed by atoms with van der Waals surface area (Å²) in [5.74, 6) is -1.69. The molecule has 1 saturated heterocycles. The van der Waals surface area contributed by atoms with Gasteiger partial charge in [0.15, 0.2) is 4.32 Å². The Kier molecular flexibility index (Phi) is 5.35. The first kappa shape index (κ1) is 18.1. The van der Waals surface area contributed by atoms with E-state index in [0.717, 1.165) is 22.9 Å². The number of carboxylic acid groups (broad SMARTS) is 1. The van der Waals surface area contributed by atoms with Crippen LogP contribution in [0.3, 0.4) is 0 Å². The molecule has 0 bridgehead atoms. The largest absolute Gasteiger partial charge is 0.545 e. The van der Waals surface area contributed by atoms with Gasteiger partial charge in [-0.15, -0.1) is 0 Å². The number of rotatable bonds is 4. The number of benzene rings is 2. The highest BCUT2D eigenvalue weighted by Crippen LogP contribution is 2.36. The Bertz CT molecular complexity index is 949. The number of carboxylic acids is 1. The summed E-state index contributed by atoms with van der Waals surface area (Å²) in [6, 6.07) is 15.9. The molecule has 0 unspecified atom stereocenters. The number of thiocarbonyl (C=S) groups is 1. The molecule has 1 heterocycles. The number of thioether (sulfide) groups is 1. The molecule has 26 heavy (non-hydrogen) atoms. The summed E-state index contributed by atoms with van der Waals surface area (Å²) >= 11 is 6.45. The minimum atomic E-state index is -1.35. The molecule has 0 N–H and O–H groups in total. The van der Waals surface area contributed by atoms with Gasteiger partial charge in [0.25, 0.3) is 5.91 Å². The minimum absolute atomic E-state index is 0.0680. The summed E-state index contributed by atoms with van der Waals surface area (Å²) in [6.07, 6.45) is 3.72. The molecule has 0 aromatic heterocycles. The van der Waals surface area contributed by atoms with E-state index in [9.17, 15) is 14.7 Å². The molecule has 1 aliphatic heterocycles. The standard InChI is InChI=1S/C20H15NO3S2/c1-13(11-14-7-3-2-4-8-14)12-17-18(22)21(20(25)26-17)16-10-6-5-9-15(16)19(23)24/h2-12H,1H3,(H,23,24)/p-1/b13-11+,17-12-. The summed E-state index contributed by atoms with van der Waals surface area (Å²) in [4.78, 5) is 25.8. The average Bonchev–Trinajstić information content (AvgIpc) is 2.89. The van der Waals surface area contributed by atoms with Crippen molar-refractivity contribution in [2.75, 3.05) is 4.90 Å². The van der Waals surface area contributed by atoms with Crippen LogP contribution in [-0.2, 0) is 4.79 Å². The van der Waals surface area contributed by atoms with Crippen LogP contribution in [0.1, 0.15) is 22.8 Å². The van der Waals surface area contributed by atoms with Crippen molar-refractivity contribution in [2.24, 2.45) is 0 Å². The van der Waals surface area contributed by atoms with Gasteiger partial charge in [-0.25, -0.2) is 0 Å². The van der Waals surface area contributed by atoms with E-state index < -0.39 is 5.97 Å². The van der Waals surface area contributed by atoms with E-state index in [-0.39, 0.29) is 17.2 Å². The second-order valence-electron chi connectivity index (χ2n) is 5.62. The molecular formula is C20H14NO3S2-. The number of amides is 1. The molecule has 0 radical (unpaired) electrons. The number of anilines is 1. The summed E-state index contributed by atoms with van der Waals surface area (Å²) in [6.45, 7) is 1.90. The first-order valence-electron chi connectivity index (χ1n) is 7.79. The smallest absolute Gasteiger partial charge is 0.270 e. The molecule has 130 valence electrons. The molecule has 4 nitrogen and oxygen atoms in total. The van der Waals surface area contributed by atoms with Gasteiger partial charge in [0.2, 0.25) is 0 Å². The van der Waals surface area contributed by atoms with Crippen molar-refractivity contribution < 1.29 is 14.7 Å². The van der Waals surface area contributed by atoms with E-state index >= 15 is 0 Å². The lowest BCUT2D eigenvalue weighted by molar-refractivity contribution is -0.254. The molecule has 2 aromatic carbocycles. The van der Waals surface area contributed by atoms with Gasteiger partial charge in [0, 0.05) is 5.56 Å². The number of carbonyl (C=O) groups excluding carboxylic acids is 2. The third-order valence-electron chi connectivity index (χ3n) is 3.71. The van der Waals surface area contributed by atoms with Gasteiger partial charge < -0.3 is 9.90 Å². The Morgan fingerprint density at radius 2 is 1.77 bits per heavy atom. The molecule has 0 atom stereocenters. The molecular weight excluding hydrogens is 366 g/mol. The van der Waals surface area contributed by atoms with Gasteiger partial charge in [-0.1, -0.05) is 78.6 Å². The van der Waals surface area contributed by atoms with Crippen molar-refractivity contribution in [3.8, 4) is 0 Å². The maximum atomic E-state index is 12.8. The summed E-state index contributed by atoms with van der Waals surface area (Å²) in [5.41, 5.74) is 2.08. The number of hydrogen-bond acceptors (Lipinski definition) is 5. The van der Waals surface area contributed by atoms with Crippen molar-refractivity contribution in [2.45, 2.75) is 6.92 Å². The highest BCUT2D eigenvalue weighted by Gasteiger charge is 2.34. The van der Waals surface area contributed by atoms with Gasteiger partial charge in [0.1, 0.15) is 0 Å². The van der Waals surface area contributed by atoms with Crippen molar-refractivity contribution in [3.63, 3.8) is 0 Å². The minimum Gasteiger partial charge on any atom is -0.545 e. The van der Waals surface area contributed by atoms with Crippen LogP contribution < -0.4 is 10.0 Å². The van der Waals surface area contributed by atoms with Crippen LogP contribution in [0.25, 0.3) is 6.08 Å². The monoisotopic (exact) mass is 380 g/mol. The zero-order chi connectivity index (χ0) is 18.7. The van der Waals surface area contributed by atoms with Gasteiger partial charge >= 0.3 is 0 Å². The van der Waals surface area contributed by atoms with E-state index in [1.807, 2.05) is 43.3 Å². The van der Waals surface area contributed by atoms with Crippen molar-refractivity contribution in [1.82, 2.24) is 0 Å². The van der Waals surface area contributed by atoms with Crippen LogP contribution in [-0.4, -0.2) is 16.2 Å². The van der Waals surface area contributed by atoms with Crippen LogP contribution >= 0.6 is 24.0 Å². The van der Waals surface area contributed by atoms with E-state index in [1.165, 1.54) is 11.0 Å². The van der Waals surface area contributed by atoms with E-state index in [1.54, 1.807) is 24.3 Å². The van der Waals surface area contributed by atoms with Crippen LogP contribution in [0.15, 0.2) is 71.2 Å². The van der Waals surface area contributed by atoms with E-state index in [0.29, 0.717) is 9.23 Å². The SMILES string of the molecule is CC(/C=C1\SC(=S)N(c2ccccc2C(=O)[O-])C1=O)=C\c1ccccc1. The van der Waals surface area contributed by atoms with Crippen LogP contribution in [0.2, 0.25) is 0 Å². The molecule has 0 saturated carbocycles. The molecule has 1 amide bonds. The molecule has 1 aliphatic rings. The maximum absolute atomic E-state index is 12.8. The molecule has 6 heteroatoms. The zero-order valence-electron chi connectivity index (χ0n) is 13.8. The Hall–Kier alpha value is -2.70. The molecule has 0 spiro atoms. The Morgan fingerprint density at radius 1 is 1.12 bits per heavy atom. The Labute approximate surface area is 160 Å². The molecule has 1 fully saturated rings. The van der Waals surface area contributed by atoms with E-state index in [4.69, 9.17) is 12.2 Å². The number of hydrogen-bond donors (Lipinski definition) is 0. The third-order valence-corrected chi connectivity index (χ3v) is 5.01. The molecule has 2 aromatic rings. The summed E-state index contributed by atoms with van der Waals surface area (Å²) < 4.78 is 0.294. The Morgan fingerprint density at radius 3 is 2.46 bits per heavy atom. The van der Waals surface area contributed by atoms with Gasteiger partial charge in [-0.2, -0.15) is 0 Å². The topological polar surface area (TPSA) is 60.4 Å². The predicted molar refractivity (Wildman–Crippen MR) is 107 cm³/mol.